The Hall–Kier alpha value is -1.13. The molecular formula is C18H29FN6O2S. The quantitative estimate of drug-likeness (QED) is 0.754. The maximum atomic E-state index is 13.5. The number of nitrogens with zero attached hydrogens (tertiary/aromatic N) is 5. The monoisotopic (exact) mass is 412 g/mol. The van der Waals surface area contributed by atoms with Gasteiger partial charge in [0.1, 0.15) is 6.17 Å². The Balaban J connectivity index is 1.35. The highest BCUT2D eigenvalue weighted by atomic mass is 32.2. The highest BCUT2D eigenvalue weighted by Crippen LogP contribution is 2.64. The first-order chi connectivity index (χ1) is 13.2. The van der Waals surface area contributed by atoms with Gasteiger partial charge in [0.25, 0.3) is 0 Å². The maximum Gasteiger partial charge on any atom is 0.211 e. The summed E-state index contributed by atoms with van der Waals surface area (Å²) in [6.07, 6.45) is 6.69. The summed E-state index contributed by atoms with van der Waals surface area (Å²) in [6.45, 7) is 3.88. The molecule has 3 aliphatic carbocycles. The first kappa shape index (κ1) is 18.9. The van der Waals surface area contributed by atoms with Crippen molar-refractivity contribution >= 4 is 10.0 Å². The molecule has 0 aromatic carbocycles. The van der Waals surface area contributed by atoms with Gasteiger partial charge >= 0.3 is 0 Å². The van der Waals surface area contributed by atoms with Crippen molar-refractivity contribution in [3.8, 4) is 0 Å². The maximum absolute atomic E-state index is 13.5. The van der Waals surface area contributed by atoms with Gasteiger partial charge in [0, 0.05) is 18.5 Å². The van der Waals surface area contributed by atoms with Crippen LogP contribution in [0.5, 0.6) is 0 Å². The van der Waals surface area contributed by atoms with Gasteiger partial charge in [-0.1, -0.05) is 0 Å². The lowest BCUT2D eigenvalue weighted by Gasteiger charge is -2.44. The molecule has 1 aromatic heterocycles. The van der Waals surface area contributed by atoms with Gasteiger partial charge < -0.3 is 5.32 Å². The first-order valence-electron chi connectivity index (χ1n) is 10.3. The van der Waals surface area contributed by atoms with Gasteiger partial charge in [-0.2, -0.15) is 0 Å². The van der Waals surface area contributed by atoms with E-state index in [0.717, 1.165) is 44.5 Å². The fourth-order valence-electron chi connectivity index (χ4n) is 5.22. The Labute approximate surface area is 165 Å². The third kappa shape index (κ3) is 2.99. The molecule has 1 atom stereocenters. The van der Waals surface area contributed by atoms with E-state index < -0.39 is 21.7 Å². The van der Waals surface area contributed by atoms with Crippen LogP contribution in [-0.2, 0) is 21.1 Å². The van der Waals surface area contributed by atoms with E-state index in [9.17, 15) is 12.8 Å². The van der Waals surface area contributed by atoms with E-state index in [0.29, 0.717) is 31.8 Å². The average Bonchev–Trinajstić information content (AvgIpc) is 3.44. The summed E-state index contributed by atoms with van der Waals surface area (Å²) in [7, 11) is -3.20. The molecule has 4 fully saturated rings. The molecule has 0 radical (unpaired) electrons. The number of hydrogen-bond acceptors (Lipinski definition) is 6. The zero-order valence-corrected chi connectivity index (χ0v) is 17.4. The van der Waals surface area contributed by atoms with Crippen LogP contribution in [-0.4, -0.2) is 65.0 Å². The lowest BCUT2D eigenvalue weighted by atomic mass is 9.71. The molecule has 1 spiro atoms. The highest BCUT2D eigenvalue weighted by Gasteiger charge is 2.62. The minimum Gasteiger partial charge on any atom is -0.304 e. The van der Waals surface area contributed by atoms with Crippen LogP contribution in [0.3, 0.4) is 0 Å². The largest absolute Gasteiger partial charge is 0.304 e. The minimum atomic E-state index is -3.20. The zero-order chi connectivity index (χ0) is 19.8. The summed E-state index contributed by atoms with van der Waals surface area (Å²) in [5.74, 6) is 1.30. The lowest BCUT2D eigenvalue weighted by molar-refractivity contribution is 0.103. The van der Waals surface area contributed by atoms with E-state index >= 15 is 0 Å². The number of rotatable bonds is 6. The average molecular weight is 413 g/mol. The number of sulfonamides is 1. The van der Waals surface area contributed by atoms with Crippen LogP contribution in [0.4, 0.5) is 4.39 Å². The van der Waals surface area contributed by atoms with Crippen LogP contribution in [0.15, 0.2) is 0 Å². The zero-order valence-electron chi connectivity index (χ0n) is 16.6. The summed E-state index contributed by atoms with van der Waals surface area (Å²) in [6, 6.07) is 0. The van der Waals surface area contributed by atoms with Crippen molar-refractivity contribution in [3.05, 3.63) is 5.82 Å². The molecule has 5 rings (SSSR count). The normalized spacial score (nSPS) is 36.2. The molecule has 8 nitrogen and oxygen atoms in total. The van der Waals surface area contributed by atoms with E-state index in [1.54, 1.807) is 0 Å². The van der Waals surface area contributed by atoms with E-state index in [1.165, 1.54) is 10.6 Å². The Morgan fingerprint density at radius 3 is 2.36 bits per heavy atom. The molecular weight excluding hydrogens is 383 g/mol. The van der Waals surface area contributed by atoms with Gasteiger partial charge in [0.15, 0.2) is 5.82 Å². The van der Waals surface area contributed by atoms with E-state index in [2.05, 4.69) is 27.8 Å². The second-order valence-electron chi connectivity index (χ2n) is 9.84. The fraction of sp³-hybridized carbons (Fsp3) is 0.944. The molecule has 1 unspecified atom stereocenters. The van der Waals surface area contributed by atoms with Crippen molar-refractivity contribution in [2.24, 2.45) is 11.3 Å². The van der Waals surface area contributed by atoms with Crippen molar-refractivity contribution in [2.45, 2.75) is 69.1 Å². The summed E-state index contributed by atoms with van der Waals surface area (Å²) in [4.78, 5) is 0. The minimum absolute atomic E-state index is 0.0117. The van der Waals surface area contributed by atoms with Crippen LogP contribution >= 0.6 is 0 Å². The van der Waals surface area contributed by atoms with E-state index in [-0.39, 0.29) is 11.0 Å². The third-order valence-electron chi connectivity index (χ3n) is 7.64. The third-order valence-corrected chi connectivity index (χ3v) is 8.94. The number of halogens is 1. The highest BCUT2D eigenvalue weighted by molar-refractivity contribution is 7.88. The Morgan fingerprint density at radius 2 is 1.82 bits per heavy atom. The summed E-state index contributed by atoms with van der Waals surface area (Å²) in [5.41, 5.74) is -0.475. The predicted molar refractivity (Wildman–Crippen MR) is 101 cm³/mol. The van der Waals surface area contributed by atoms with E-state index in [4.69, 9.17) is 0 Å². The summed E-state index contributed by atoms with van der Waals surface area (Å²) in [5, 5.41) is 16.4. The molecule has 0 amide bonds. The molecule has 2 heterocycles. The molecule has 3 saturated carbocycles. The summed E-state index contributed by atoms with van der Waals surface area (Å²) >= 11 is 0. The van der Waals surface area contributed by atoms with Gasteiger partial charge in [0.05, 0.1) is 17.3 Å². The molecule has 1 N–H and O–H groups in total. The number of piperidine rings is 1. The number of aromatic nitrogens is 4. The Kier molecular flexibility index (Phi) is 4.01. The van der Waals surface area contributed by atoms with Crippen molar-refractivity contribution in [1.82, 2.24) is 29.8 Å². The second kappa shape index (κ2) is 5.95. The lowest BCUT2D eigenvalue weighted by Crippen LogP contribution is -2.55. The molecule has 10 heteroatoms. The number of hydrogen-bond donors (Lipinski definition) is 1. The van der Waals surface area contributed by atoms with Gasteiger partial charge in [-0.15, -0.1) is 5.10 Å². The van der Waals surface area contributed by atoms with Gasteiger partial charge in [-0.05, 0) is 74.8 Å². The van der Waals surface area contributed by atoms with Crippen LogP contribution in [0, 0.1) is 11.3 Å². The van der Waals surface area contributed by atoms with Gasteiger partial charge in [-0.25, -0.2) is 21.8 Å². The van der Waals surface area contributed by atoms with Crippen LogP contribution in [0.1, 0.15) is 57.7 Å². The Morgan fingerprint density at radius 1 is 1.18 bits per heavy atom. The SMILES string of the molecule is CC1(n2nnnc2C2(NCC3CC4(C3)CC4F)CCN(S(C)(=O)=O)CC2)CC1. The van der Waals surface area contributed by atoms with E-state index in [1.807, 2.05) is 4.68 Å². The molecule has 1 saturated heterocycles. The van der Waals surface area contributed by atoms with Crippen molar-refractivity contribution < 1.29 is 12.8 Å². The van der Waals surface area contributed by atoms with Gasteiger partial charge in [-0.3, -0.25) is 0 Å². The van der Waals surface area contributed by atoms with Crippen LogP contribution in [0.25, 0.3) is 0 Å². The van der Waals surface area contributed by atoms with Crippen LogP contribution < -0.4 is 5.32 Å². The van der Waals surface area contributed by atoms with Crippen molar-refractivity contribution in [1.29, 1.82) is 0 Å². The first-order valence-corrected chi connectivity index (χ1v) is 12.1. The Bertz CT molecular complexity index is 868. The van der Waals surface area contributed by atoms with Crippen LogP contribution in [0.2, 0.25) is 0 Å². The number of tetrazole rings is 1. The molecule has 156 valence electrons. The number of nitrogens with one attached hydrogen (secondary N) is 1. The smallest absolute Gasteiger partial charge is 0.211 e. The summed E-state index contributed by atoms with van der Waals surface area (Å²) < 4.78 is 41.0. The molecule has 1 aromatic rings. The van der Waals surface area contributed by atoms with Crippen molar-refractivity contribution in [3.63, 3.8) is 0 Å². The molecule has 0 bridgehead atoms. The number of alkyl halides is 1. The topological polar surface area (TPSA) is 93.0 Å². The standard InChI is InChI=1S/C18H29FN6O2S/c1-16(3-4-16)25-15(21-22-23-25)18(5-7-24(8-6-18)28(2,26)27)20-12-13-9-17(10-13)11-14(17)19/h13-14,20H,3-12H2,1-2H3. The predicted octanol–water partition coefficient (Wildman–Crippen LogP) is 1.16. The molecule has 1 aliphatic heterocycles. The molecule has 4 aliphatic rings. The molecule has 28 heavy (non-hydrogen) atoms. The fourth-order valence-corrected chi connectivity index (χ4v) is 6.06. The van der Waals surface area contributed by atoms with Gasteiger partial charge in [0.2, 0.25) is 10.0 Å². The van der Waals surface area contributed by atoms with Crippen molar-refractivity contribution in [2.75, 3.05) is 25.9 Å². The second-order valence-corrected chi connectivity index (χ2v) is 11.8.